The Kier molecular flexibility index (Phi) is 3.93. The molecular weight excluding hydrogens is 167 g/mol. The molecular formula is C6H13O4P. The van der Waals surface area contributed by atoms with Crippen LogP contribution in [0.25, 0.3) is 0 Å². The SMILES string of the molecule is CC(=O)C(C)COP(C)(=O)O. The third-order valence-corrected chi connectivity index (χ3v) is 1.89. The molecule has 4 nitrogen and oxygen atoms in total. The Morgan fingerprint density at radius 1 is 1.73 bits per heavy atom. The molecule has 0 aromatic rings. The van der Waals surface area contributed by atoms with Crippen molar-refractivity contribution in [3.8, 4) is 0 Å². The molecule has 0 amide bonds. The van der Waals surface area contributed by atoms with E-state index in [1.54, 1.807) is 6.92 Å². The Bertz CT molecular complexity index is 183. The van der Waals surface area contributed by atoms with Gasteiger partial charge in [-0.2, -0.15) is 0 Å². The predicted octanol–water partition coefficient (Wildman–Crippen LogP) is 1.04. The van der Waals surface area contributed by atoms with Gasteiger partial charge in [-0.25, -0.2) is 0 Å². The van der Waals surface area contributed by atoms with Gasteiger partial charge in [0.15, 0.2) is 0 Å². The number of hydrogen-bond donors (Lipinski definition) is 1. The van der Waals surface area contributed by atoms with Gasteiger partial charge in [0.2, 0.25) is 0 Å². The second-order valence-corrected chi connectivity index (χ2v) is 4.47. The average Bonchev–Trinajstić information content (AvgIpc) is 1.80. The van der Waals surface area contributed by atoms with E-state index >= 15 is 0 Å². The van der Waals surface area contributed by atoms with Crippen LogP contribution in [0.1, 0.15) is 13.8 Å². The fourth-order valence-electron chi connectivity index (χ4n) is 0.367. The van der Waals surface area contributed by atoms with Crippen molar-refractivity contribution in [2.24, 2.45) is 5.92 Å². The van der Waals surface area contributed by atoms with Crippen molar-refractivity contribution >= 4 is 13.4 Å². The molecule has 2 unspecified atom stereocenters. The lowest BCUT2D eigenvalue weighted by Crippen LogP contribution is -2.12. The first kappa shape index (κ1) is 10.8. The largest absolute Gasteiger partial charge is 0.325 e. The van der Waals surface area contributed by atoms with E-state index in [1.807, 2.05) is 0 Å². The molecule has 0 aliphatic rings. The van der Waals surface area contributed by atoms with Crippen LogP contribution >= 0.6 is 7.60 Å². The molecule has 0 aromatic heterocycles. The summed E-state index contributed by atoms with van der Waals surface area (Å²) in [7, 11) is -3.41. The minimum atomic E-state index is -3.41. The molecule has 0 aliphatic carbocycles. The summed E-state index contributed by atoms with van der Waals surface area (Å²) in [4.78, 5) is 19.3. The molecule has 0 radical (unpaired) electrons. The molecule has 1 N–H and O–H groups in total. The molecule has 5 heteroatoms. The first-order chi connectivity index (χ1) is 4.83. The van der Waals surface area contributed by atoms with Gasteiger partial charge in [0, 0.05) is 12.6 Å². The van der Waals surface area contributed by atoms with Crippen molar-refractivity contribution in [1.29, 1.82) is 0 Å². The normalized spacial score (nSPS) is 18.9. The highest BCUT2D eigenvalue weighted by Crippen LogP contribution is 2.36. The Morgan fingerprint density at radius 2 is 2.18 bits per heavy atom. The number of hydrogen-bond acceptors (Lipinski definition) is 3. The Balaban J connectivity index is 3.72. The zero-order chi connectivity index (χ0) is 9.07. The quantitative estimate of drug-likeness (QED) is 0.656. The smallest absolute Gasteiger partial charge is 0.324 e. The molecule has 0 saturated heterocycles. The molecule has 11 heavy (non-hydrogen) atoms. The van der Waals surface area contributed by atoms with Gasteiger partial charge in [0.05, 0.1) is 6.61 Å². The zero-order valence-corrected chi connectivity index (χ0v) is 7.80. The number of Topliss-reactive ketones (excluding diaryl/α,β-unsaturated/α-hetero) is 1. The molecule has 0 aromatic carbocycles. The first-order valence-corrected chi connectivity index (χ1v) is 5.30. The lowest BCUT2D eigenvalue weighted by atomic mass is 10.1. The van der Waals surface area contributed by atoms with Crippen LogP contribution in [0.4, 0.5) is 0 Å². The molecule has 0 bridgehead atoms. The number of ketones is 1. The molecule has 0 heterocycles. The summed E-state index contributed by atoms with van der Waals surface area (Å²) in [6.45, 7) is 4.18. The number of carbonyl (C=O) groups excluding carboxylic acids is 1. The van der Waals surface area contributed by atoms with Crippen molar-refractivity contribution in [2.75, 3.05) is 13.3 Å². The van der Waals surface area contributed by atoms with Crippen molar-refractivity contribution < 1.29 is 18.8 Å². The van der Waals surface area contributed by atoms with E-state index in [1.165, 1.54) is 6.92 Å². The molecule has 0 saturated carbocycles. The van der Waals surface area contributed by atoms with Crippen molar-refractivity contribution in [1.82, 2.24) is 0 Å². The van der Waals surface area contributed by atoms with Crippen LogP contribution in [0.5, 0.6) is 0 Å². The van der Waals surface area contributed by atoms with Gasteiger partial charge in [0.1, 0.15) is 5.78 Å². The lowest BCUT2D eigenvalue weighted by molar-refractivity contribution is -0.121. The maximum atomic E-state index is 10.6. The highest BCUT2D eigenvalue weighted by Gasteiger charge is 2.14. The fraction of sp³-hybridized carbons (Fsp3) is 0.833. The standard InChI is InChI=1S/C6H13O4P/c1-5(6(2)7)4-10-11(3,8)9/h5H,4H2,1-3H3,(H,8,9). The second kappa shape index (κ2) is 4.00. The molecule has 66 valence electrons. The van der Waals surface area contributed by atoms with E-state index in [4.69, 9.17) is 4.89 Å². The summed E-state index contributed by atoms with van der Waals surface area (Å²) in [6.07, 6.45) is 0. The van der Waals surface area contributed by atoms with E-state index in [9.17, 15) is 9.36 Å². The third kappa shape index (κ3) is 6.23. The van der Waals surface area contributed by atoms with Gasteiger partial charge in [0.25, 0.3) is 0 Å². The Morgan fingerprint density at radius 3 is 2.45 bits per heavy atom. The summed E-state index contributed by atoms with van der Waals surface area (Å²) in [5, 5.41) is 0. The van der Waals surface area contributed by atoms with Crippen LogP contribution in [-0.2, 0) is 13.9 Å². The summed E-state index contributed by atoms with van der Waals surface area (Å²) in [5.41, 5.74) is 0. The van der Waals surface area contributed by atoms with Crippen molar-refractivity contribution in [2.45, 2.75) is 13.8 Å². The molecule has 0 fully saturated rings. The zero-order valence-electron chi connectivity index (χ0n) is 6.90. The maximum absolute atomic E-state index is 10.6. The topological polar surface area (TPSA) is 63.6 Å². The average molecular weight is 180 g/mol. The van der Waals surface area contributed by atoms with E-state index in [0.29, 0.717) is 0 Å². The molecule has 2 atom stereocenters. The minimum Gasteiger partial charge on any atom is -0.324 e. The third-order valence-electron chi connectivity index (χ3n) is 1.26. The number of rotatable bonds is 4. The fourth-order valence-corrected chi connectivity index (χ4v) is 0.868. The molecule has 0 rings (SSSR count). The van der Waals surface area contributed by atoms with Crippen LogP contribution in [0.15, 0.2) is 0 Å². The summed E-state index contributed by atoms with van der Waals surface area (Å²) in [6, 6.07) is 0. The van der Waals surface area contributed by atoms with E-state index in [0.717, 1.165) is 6.66 Å². The van der Waals surface area contributed by atoms with Crippen molar-refractivity contribution in [3.63, 3.8) is 0 Å². The molecule has 0 aliphatic heterocycles. The predicted molar refractivity (Wildman–Crippen MR) is 41.5 cm³/mol. The van der Waals surface area contributed by atoms with Crippen LogP contribution < -0.4 is 0 Å². The highest BCUT2D eigenvalue weighted by molar-refractivity contribution is 7.51. The van der Waals surface area contributed by atoms with Crippen LogP contribution in [0, 0.1) is 5.92 Å². The highest BCUT2D eigenvalue weighted by atomic mass is 31.2. The van der Waals surface area contributed by atoms with Gasteiger partial charge in [-0.3, -0.25) is 9.36 Å². The van der Waals surface area contributed by atoms with Crippen LogP contribution in [0.3, 0.4) is 0 Å². The van der Waals surface area contributed by atoms with Crippen molar-refractivity contribution in [3.05, 3.63) is 0 Å². The van der Waals surface area contributed by atoms with E-state index < -0.39 is 7.60 Å². The summed E-state index contributed by atoms with van der Waals surface area (Å²) < 4.78 is 15.1. The van der Waals surface area contributed by atoms with Crippen LogP contribution in [0.2, 0.25) is 0 Å². The van der Waals surface area contributed by atoms with Gasteiger partial charge in [-0.1, -0.05) is 6.92 Å². The van der Waals surface area contributed by atoms with Gasteiger partial charge < -0.3 is 9.42 Å². The maximum Gasteiger partial charge on any atom is 0.325 e. The first-order valence-electron chi connectivity index (χ1n) is 3.28. The molecule has 0 spiro atoms. The summed E-state index contributed by atoms with van der Waals surface area (Å²) >= 11 is 0. The monoisotopic (exact) mass is 180 g/mol. The van der Waals surface area contributed by atoms with Gasteiger partial charge in [-0.15, -0.1) is 0 Å². The second-order valence-electron chi connectivity index (χ2n) is 2.61. The Labute approximate surface area is 66.1 Å². The van der Waals surface area contributed by atoms with Gasteiger partial charge >= 0.3 is 7.60 Å². The lowest BCUT2D eigenvalue weighted by Gasteiger charge is -2.09. The van der Waals surface area contributed by atoms with Crippen LogP contribution in [-0.4, -0.2) is 23.9 Å². The summed E-state index contributed by atoms with van der Waals surface area (Å²) in [5.74, 6) is -0.353. The minimum absolute atomic E-state index is 0.0135. The van der Waals surface area contributed by atoms with Gasteiger partial charge in [-0.05, 0) is 6.92 Å². The van der Waals surface area contributed by atoms with E-state index in [-0.39, 0.29) is 18.3 Å². The van der Waals surface area contributed by atoms with E-state index in [2.05, 4.69) is 4.52 Å². The Hall–Kier alpha value is -0.180. The number of carbonyl (C=O) groups is 1.